The van der Waals surface area contributed by atoms with Gasteiger partial charge in [0.05, 0.1) is 18.1 Å². The third kappa shape index (κ3) is 5.07. The first kappa shape index (κ1) is 20.7. The zero-order valence-corrected chi connectivity index (χ0v) is 17.5. The monoisotopic (exact) mass is 476 g/mol. The van der Waals surface area contributed by atoms with Crippen LogP contribution in [0.25, 0.3) is 0 Å². The number of nitrogens with zero attached hydrogens (tertiary/aromatic N) is 1. The lowest BCUT2D eigenvalue weighted by Gasteiger charge is -2.35. The second-order valence-corrected chi connectivity index (χ2v) is 9.11. The van der Waals surface area contributed by atoms with E-state index in [9.17, 15) is 12.8 Å². The number of nitrogens with one attached hydrogen (secondary N) is 1. The third-order valence-corrected chi connectivity index (χ3v) is 7.15. The van der Waals surface area contributed by atoms with E-state index in [1.54, 1.807) is 6.07 Å². The van der Waals surface area contributed by atoms with E-state index in [0.717, 1.165) is 17.7 Å². The molecule has 0 bridgehead atoms. The number of ether oxygens (including phenoxy) is 1. The molecule has 0 spiro atoms. The fourth-order valence-electron chi connectivity index (χ4n) is 3.03. The Balaban J connectivity index is 1.85. The highest BCUT2D eigenvalue weighted by molar-refractivity contribution is 9.10. The molecule has 2 aromatic rings. The van der Waals surface area contributed by atoms with Gasteiger partial charge < -0.3 is 4.74 Å². The minimum atomic E-state index is -3.83. The smallest absolute Gasteiger partial charge is 0.241 e. The molecule has 9 heteroatoms. The van der Waals surface area contributed by atoms with Crippen LogP contribution in [0.3, 0.4) is 0 Å². The van der Waals surface area contributed by atoms with Crippen LogP contribution in [-0.4, -0.2) is 46.2 Å². The second-order valence-electron chi connectivity index (χ2n) is 6.11. The molecule has 1 unspecified atom stereocenters. The van der Waals surface area contributed by atoms with Gasteiger partial charge in [-0.05, 0) is 45.8 Å². The highest BCUT2D eigenvalue weighted by Crippen LogP contribution is 2.29. The van der Waals surface area contributed by atoms with Crippen LogP contribution in [0.15, 0.2) is 51.8 Å². The zero-order chi connectivity index (χ0) is 19.4. The highest BCUT2D eigenvalue weighted by atomic mass is 79.9. The molecule has 1 fully saturated rings. The predicted molar refractivity (Wildman–Crippen MR) is 106 cm³/mol. The predicted octanol–water partition coefficient (Wildman–Crippen LogP) is 3.59. The molecule has 5 nitrogen and oxygen atoms in total. The van der Waals surface area contributed by atoms with Crippen molar-refractivity contribution < 1.29 is 17.5 Å². The average molecular weight is 478 g/mol. The van der Waals surface area contributed by atoms with Gasteiger partial charge in [0, 0.05) is 35.2 Å². The first-order chi connectivity index (χ1) is 12.9. The lowest BCUT2D eigenvalue weighted by molar-refractivity contribution is 0.0172. The van der Waals surface area contributed by atoms with Crippen molar-refractivity contribution in [2.75, 3.05) is 32.8 Å². The van der Waals surface area contributed by atoms with Gasteiger partial charge >= 0.3 is 0 Å². The lowest BCUT2D eigenvalue weighted by Crippen LogP contribution is -2.44. The quantitative estimate of drug-likeness (QED) is 0.691. The maximum absolute atomic E-state index is 13.3. The van der Waals surface area contributed by atoms with Gasteiger partial charge in [-0.2, -0.15) is 0 Å². The van der Waals surface area contributed by atoms with E-state index in [0.29, 0.717) is 31.3 Å². The molecule has 1 saturated heterocycles. The summed E-state index contributed by atoms with van der Waals surface area (Å²) in [6.07, 6.45) is 0. The molecule has 27 heavy (non-hydrogen) atoms. The summed E-state index contributed by atoms with van der Waals surface area (Å²) in [6, 6.07) is 10.6. The summed E-state index contributed by atoms with van der Waals surface area (Å²) < 4.78 is 47.0. The SMILES string of the molecule is O=S(=O)(NCC(c1ccccc1Cl)N1CCOCC1)c1ccc(F)cc1Br. The third-order valence-electron chi connectivity index (χ3n) is 4.40. The van der Waals surface area contributed by atoms with Crippen LogP contribution in [0.5, 0.6) is 0 Å². The molecule has 3 rings (SSSR count). The van der Waals surface area contributed by atoms with E-state index < -0.39 is 15.8 Å². The first-order valence-corrected chi connectivity index (χ1v) is 11.0. The molecule has 0 radical (unpaired) electrons. The summed E-state index contributed by atoms with van der Waals surface area (Å²) in [5, 5.41) is 0.580. The molecule has 1 aliphatic heterocycles. The van der Waals surface area contributed by atoms with Gasteiger partial charge in [0.25, 0.3) is 0 Å². The molecule has 1 atom stereocenters. The van der Waals surface area contributed by atoms with Gasteiger partial charge in [0.15, 0.2) is 0 Å². The Hall–Kier alpha value is -1.03. The van der Waals surface area contributed by atoms with E-state index >= 15 is 0 Å². The van der Waals surface area contributed by atoms with E-state index in [-0.39, 0.29) is 22.0 Å². The maximum atomic E-state index is 13.3. The van der Waals surface area contributed by atoms with Crippen LogP contribution in [0.1, 0.15) is 11.6 Å². The van der Waals surface area contributed by atoms with E-state index in [2.05, 4.69) is 25.6 Å². The Morgan fingerprint density at radius 2 is 1.93 bits per heavy atom. The number of benzene rings is 2. The van der Waals surface area contributed by atoms with Crippen molar-refractivity contribution in [1.29, 1.82) is 0 Å². The molecule has 1 aliphatic rings. The number of hydrogen-bond donors (Lipinski definition) is 1. The largest absolute Gasteiger partial charge is 0.379 e. The van der Waals surface area contributed by atoms with E-state index in [1.165, 1.54) is 6.07 Å². The van der Waals surface area contributed by atoms with Gasteiger partial charge in [-0.3, -0.25) is 4.90 Å². The fourth-order valence-corrected chi connectivity index (χ4v) is 5.38. The van der Waals surface area contributed by atoms with Crippen LogP contribution in [0.4, 0.5) is 4.39 Å². The number of sulfonamides is 1. The van der Waals surface area contributed by atoms with Crippen molar-refractivity contribution in [1.82, 2.24) is 9.62 Å². The Kier molecular flexibility index (Phi) is 6.88. The minimum absolute atomic E-state index is 0.0104. The van der Waals surface area contributed by atoms with Crippen LogP contribution < -0.4 is 4.72 Å². The summed E-state index contributed by atoms with van der Waals surface area (Å²) in [5.74, 6) is -0.511. The summed E-state index contributed by atoms with van der Waals surface area (Å²) in [7, 11) is -3.83. The molecule has 0 saturated carbocycles. The first-order valence-electron chi connectivity index (χ1n) is 8.39. The summed E-state index contributed by atoms with van der Waals surface area (Å²) >= 11 is 9.48. The summed E-state index contributed by atoms with van der Waals surface area (Å²) in [6.45, 7) is 2.65. The van der Waals surface area contributed by atoms with Crippen LogP contribution in [-0.2, 0) is 14.8 Å². The van der Waals surface area contributed by atoms with Crippen LogP contribution >= 0.6 is 27.5 Å². The van der Waals surface area contributed by atoms with E-state index in [4.69, 9.17) is 16.3 Å². The highest BCUT2D eigenvalue weighted by Gasteiger charge is 2.27. The minimum Gasteiger partial charge on any atom is -0.379 e. The Morgan fingerprint density at radius 3 is 2.59 bits per heavy atom. The number of rotatable bonds is 6. The number of morpholine rings is 1. The van der Waals surface area contributed by atoms with Crippen molar-refractivity contribution in [2.45, 2.75) is 10.9 Å². The Labute approximate surface area is 171 Å². The zero-order valence-electron chi connectivity index (χ0n) is 14.4. The maximum Gasteiger partial charge on any atom is 0.241 e. The molecular weight excluding hydrogens is 459 g/mol. The van der Waals surface area contributed by atoms with Gasteiger partial charge in [0.2, 0.25) is 10.0 Å². The van der Waals surface area contributed by atoms with Gasteiger partial charge in [-0.15, -0.1) is 0 Å². The second kappa shape index (κ2) is 8.98. The molecule has 0 amide bonds. The Bertz CT molecular complexity index is 907. The molecule has 146 valence electrons. The molecule has 0 aliphatic carbocycles. The molecule has 0 aromatic heterocycles. The van der Waals surface area contributed by atoms with Crippen molar-refractivity contribution >= 4 is 37.6 Å². The van der Waals surface area contributed by atoms with Crippen molar-refractivity contribution in [3.8, 4) is 0 Å². The van der Waals surface area contributed by atoms with E-state index in [1.807, 2.05) is 18.2 Å². The number of halogens is 3. The molecule has 2 aromatic carbocycles. The van der Waals surface area contributed by atoms with Gasteiger partial charge in [-0.1, -0.05) is 29.8 Å². The standard InChI is InChI=1S/C18H19BrClFN2O3S/c19-15-11-13(21)5-6-18(15)27(24,25)22-12-17(23-7-9-26-10-8-23)14-3-1-2-4-16(14)20/h1-6,11,17,22H,7-10,12H2. The normalized spacial score (nSPS) is 17.0. The van der Waals surface area contributed by atoms with Crippen LogP contribution in [0, 0.1) is 5.82 Å². The fraction of sp³-hybridized carbons (Fsp3) is 0.333. The molecule has 1 heterocycles. The van der Waals surface area contributed by atoms with Gasteiger partial charge in [0.1, 0.15) is 5.82 Å². The van der Waals surface area contributed by atoms with Crippen LogP contribution in [0.2, 0.25) is 5.02 Å². The lowest BCUT2D eigenvalue weighted by atomic mass is 10.0. The topological polar surface area (TPSA) is 58.6 Å². The van der Waals surface area contributed by atoms with Crippen molar-refractivity contribution in [2.24, 2.45) is 0 Å². The summed E-state index contributed by atoms with van der Waals surface area (Å²) in [5.41, 5.74) is 0.849. The van der Waals surface area contributed by atoms with Gasteiger partial charge in [-0.25, -0.2) is 17.5 Å². The number of hydrogen-bond acceptors (Lipinski definition) is 4. The molecule has 1 N–H and O–H groups in total. The molecular formula is C18H19BrClFN2O3S. The van der Waals surface area contributed by atoms with Crippen molar-refractivity contribution in [3.05, 3.63) is 63.3 Å². The average Bonchev–Trinajstić information content (AvgIpc) is 2.64. The van der Waals surface area contributed by atoms with Crippen molar-refractivity contribution in [3.63, 3.8) is 0 Å². The Morgan fingerprint density at radius 1 is 1.22 bits per heavy atom. The summed E-state index contributed by atoms with van der Waals surface area (Å²) in [4.78, 5) is 2.14.